The van der Waals surface area contributed by atoms with Crippen LogP contribution in [0.5, 0.6) is 11.5 Å². The van der Waals surface area contributed by atoms with E-state index in [2.05, 4.69) is 10.4 Å². The van der Waals surface area contributed by atoms with Crippen molar-refractivity contribution in [2.24, 2.45) is 7.05 Å². The van der Waals surface area contributed by atoms with Crippen LogP contribution in [0.1, 0.15) is 23.0 Å². The van der Waals surface area contributed by atoms with Crippen LogP contribution in [0, 0.1) is 5.82 Å². The number of aryl methyl sites for hydroxylation is 1. The summed E-state index contributed by atoms with van der Waals surface area (Å²) < 4.78 is 32.0. The molecule has 0 radical (unpaired) electrons. The zero-order valence-corrected chi connectivity index (χ0v) is 18.2. The molecule has 0 saturated carbocycles. The summed E-state index contributed by atoms with van der Waals surface area (Å²) in [6.07, 6.45) is 0. The second-order valence-electron chi connectivity index (χ2n) is 7.20. The number of ether oxygens (including phenoxy) is 3. The lowest BCUT2D eigenvalue weighted by molar-refractivity contribution is 0.000312. The molecule has 1 N–H and O–H groups in total. The normalized spacial score (nSPS) is 12.8. The summed E-state index contributed by atoms with van der Waals surface area (Å²) in [6, 6.07) is 13.4. The van der Waals surface area contributed by atoms with Crippen LogP contribution < -0.4 is 14.8 Å². The SMILES string of the molecule is COc1ccc(OC)c(-c2cc(C(=O)NC[C@](C)(OC)c3ccccc3F)n(C)n2)c1. The lowest BCUT2D eigenvalue weighted by Crippen LogP contribution is -2.41. The average Bonchev–Trinajstić information content (AvgIpc) is 3.18. The van der Waals surface area contributed by atoms with Crippen LogP contribution in [-0.4, -0.2) is 43.6 Å². The molecule has 1 amide bonds. The number of nitrogens with zero attached hydrogens (tertiary/aromatic N) is 2. The Bertz CT molecular complexity index is 1080. The van der Waals surface area contributed by atoms with Gasteiger partial charge in [0.15, 0.2) is 0 Å². The third-order valence-electron chi connectivity index (χ3n) is 5.28. The fraction of sp³-hybridized carbons (Fsp3) is 0.304. The molecule has 2 aromatic carbocycles. The van der Waals surface area contributed by atoms with Crippen LogP contribution in [-0.2, 0) is 17.4 Å². The van der Waals surface area contributed by atoms with Crippen LogP contribution in [0.3, 0.4) is 0 Å². The van der Waals surface area contributed by atoms with Gasteiger partial charge in [-0.25, -0.2) is 4.39 Å². The second kappa shape index (κ2) is 9.18. The molecule has 31 heavy (non-hydrogen) atoms. The van der Waals surface area contributed by atoms with Gasteiger partial charge in [0.2, 0.25) is 0 Å². The lowest BCUT2D eigenvalue weighted by Gasteiger charge is -2.29. The summed E-state index contributed by atoms with van der Waals surface area (Å²) in [7, 11) is 6.30. The number of benzene rings is 2. The van der Waals surface area contributed by atoms with Crippen LogP contribution in [0.25, 0.3) is 11.3 Å². The van der Waals surface area contributed by atoms with Gasteiger partial charge in [-0.15, -0.1) is 0 Å². The molecular formula is C23H26FN3O4. The van der Waals surface area contributed by atoms with Gasteiger partial charge in [-0.1, -0.05) is 18.2 Å². The third-order valence-corrected chi connectivity index (χ3v) is 5.28. The number of carbonyl (C=O) groups excluding carboxylic acids is 1. The highest BCUT2D eigenvalue weighted by Gasteiger charge is 2.30. The number of carbonyl (C=O) groups is 1. The fourth-order valence-electron chi connectivity index (χ4n) is 3.33. The maximum atomic E-state index is 14.3. The Hall–Kier alpha value is -3.39. The number of hydrogen-bond acceptors (Lipinski definition) is 5. The predicted octanol–water partition coefficient (Wildman–Crippen LogP) is 3.54. The van der Waals surface area contributed by atoms with Crippen LogP contribution >= 0.6 is 0 Å². The molecule has 0 bridgehead atoms. The number of amides is 1. The van der Waals surface area contributed by atoms with Crippen molar-refractivity contribution in [2.75, 3.05) is 27.9 Å². The topological polar surface area (TPSA) is 74.6 Å². The number of methoxy groups -OCH3 is 3. The minimum absolute atomic E-state index is 0.0757. The minimum atomic E-state index is -1.03. The number of rotatable bonds is 8. The zero-order chi connectivity index (χ0) is 22.6. The van der Waals surface area contributed by atoms with E-state index in [1.54, 1.807) is 70.7 Å². The van der Waals surface area contributed by atoms with E-state index >= 15 is 0 Å². The number of nitrogens with one attached hydrogen (secondary N) is 1. The lowest BCUT2D eigenvalue weighted by atomic mass is 9.95. The number of aromatic nitrogens is 2. The molecule has 8 heteroatoms. The summed E-state index contributed by atoms with van der Waals surface area (Å²) in [5.74, 6) is 0.502. The molecule has 1 atom stereocenters. The molecule has 1 heterocycles. The van der Waals surface area contributed by atoms with Gasteiger partial charge >= 0.3 is 0 Å². The summed E-state index contributed by atoms with van der Waals surface area (Å²) in [6.45, 7) is 1.80. The van der Waals surface area contributed by atoms with E-state index in [1.807, 2.05) is 0 Å². The Morgan fingerprint density at radius 3 is 2.52 bits per heavy atom. The van der Waals surface area contributed by atoms with E-state index in [0.29, 0.717) is 34.0 Å². The van der Waals surface area contributed by atoms with Crippen molar-refractivity contribution in [1.82, 2.24) is 15.1 Å². The van der Waals surface area contributed by atoms with Crippen LogP contribution in [0.15, 0.2) is 48.5 Å². The molecule has 164 valence electrons. The van der Waals surface area contributed by atoms with Crippen molar-refractivity contribution < 1.29 is 23.4 Å². The summed E-state index contributed by atoms with van der Waals surface area (Å²) in [5.41, 5.74) is 0.936. The van der Waals surface area contributed by atoms with Gasteiger partial charge in [0.05, 0.1) is 26.5 Å². The molecular weight excluding hydrogens is 401 g/mol. The van der Waals surface area contributed by atoms with Crippen molar-refractivity contribution >= 4 is 5.91 Å². The highest BCUT2D eigenvalue weighted by atomic mass is 19.1. The first kappa shape index (κ1) is 22.3. The van der Waals surface area contributed by atoms with Crippen molar-refractivity contribution in [1.29, 1.82) is 0 Å². The van der Waals surface area contributed by atoms with E-state index < -0.39 is 11.4 Å². The molecule has 0 spiro atoms. The fourth-order valence-corrected chi connectivity index (χ4v) is 3.33. The molecule has 1 aromatic heterocycles. The Morgan fingerprint density at radius 2 is 1.87 bits per heavy atom. The summed E-state index contributed by atoms with van der Waals surface area (Å²) in [4.78, 5) is 12.9. The van der Waals surface area contributed by atoms with Gasteiger partial charge in [0.25, 0.3) is 5.91 Å². The highest BCUT2D eigenvalue weighted by molar-refractivity contribution is 5.94. The summed E-state index contributed by atoms with van der Waals surface area (Å²) >= 11 is 0. The van der Waals surface area contributed by atoms with E-state index in [9.17, 15) is 9.18 Å². The average molecular weight is 427 g/mol. The van der Waals surface area contributed by atoms with Gasteiger partial charge < -0.3 is 19.5 Å². The zero-order valence-electron chi connectivity index (χ0n) is 18.2. The van der Waals surface area contributed by atoms with E-state index in [0.717, 1.165) is 0 Å². The van der Waals surface area contributed by atoms with Gasteiger partial charge in [-0.3, -0.25) is 9.48 Å². The molecule has 3 rings (SSSR count). The molecule has 0 aliphatic rings. The largest absolute Gasteiger partial charge is 0.497 e. The van der Waals surface area contributed by atoms with Gasteiger partial charge in [-0.2, -0.15) is 5.10 Å². The third kappa shape index (κ3) is 4.54. The first-order valence-corrected chi connectivity index (χ1v) is 9.67. The predicted molar refractivity (Wildman–Crippen MR) is 115 cm³/mol. The molecule has 7 nitrogen and oxygen atoms in total. The summed E-state index contributed by atoms with van der Waals surface area (Å²) in [5, 5.41) is 7.28. The number of halogens is 1. The minimum Gasteiger partial charge on any atom is -0.497 e. The molecule has 0 fully saturated rings. The Balaban J connectivity index is 1.84. The smallest absolute Gasteiger partial charge is 0.269 e. The first-order valence-electron chi connectivity index (χ1n) is 9.67. The molecule has 0 unspecified atom stereocenters. The van der Waals surface area contributed by atoms with E-state index in [1.165, 1.54) is 17.9 Å². The molecule has 0 aliphatic heterocycles. The second-order valence-corrected chi connectivity index (χ2v) is 7.20. The van der Waals surface area contributed by atoms with Gasteiger partial charge in [0, 0.05) is 25.3 Å². The van der Waals surface area contributed by atoms with E-state index in [4.69, 9.17) is 14.2 Å². The Kier molecular flexibility index (Phi) is 6.60. The van der Waals surface area contributed by atoms with Crippen molar-refractivity contribution in [3.05, 3.63) is 65.6 Å². The van der Waals surface area contributed by atoms with Crippen molar-refractivity contribution in [3.8, 4) is 22.8 Å². The van der Waals surface area contributed by atoms with Crippen LogP contribution in [0.2, 0.25) is 0 Å². The van der Waals surface area contributed by atoms with Crippen molar-refractivity contribution in [3.63, 3.8) is 0 Å². The van der Waals surface area contributed by atoms with Crippen molar-refractivity contribution in [2.45, 2.75) is 12.5 Å². The molecule has 0 saturated heterocycles. The van der Waals surface area contributed by atoms with Gasteiger partial charge in [0.1, 0.15) is 28.6 Å². The highest BCUT2D eigenvalue weighted by Crippen LogP contribution is 2.33. The monoisotopic (exact) mass is 427 g/mol. The Morgan fingerprint density at radius 1 is 1.13 bits per heavy atom. The molecule has 0 aliphatic carbocycles. The maximum absolute atomic E-state index is 14.3. The quantitative estimate of drug-likeness (QED) is 0.595. The number of hydrogen-bond donors (Lipinski definition) is 1. The maximum Gasteiger partial charge on any atom is 0.269 e. The standard InChI is InChI=1S/C23H26FN3O4/c1-23(31-5,17-8-6-7-9-18(17)24)14-25-22(28)20-13-19(26-27(20)2)16-12-15(29-3)10-11-21(16)30-4/h6-13H,14H2,1-5H3,(H,25,28)/t23-/m0/s1. The van der Waals surface area contributed by atoms with E-state index in [-0.39, 0.29) is 12.5 Å². The van der Waals surface area contributed by atoms with Crippen LogP contribution in [0.4, 0.5) is 4.39 Å². The Labute approximate surface area is 180 Å². The molecule has 3 aromatic rings. The first-order chi connectivity index (χ1) is 14.8. The van der Waals surface area contributed by atoms with Gasteiger partial charge in [-0.05, 0) is 37.3 Å².